The number of nitrogens with one attached hydrogen (secondary N) is 1. The van der Waals surface area contributed by atoms with E-state index in [1.54, 1.807) is 0 Å². The molecule has 88 valence electrons. The van der Waals surface area contributed by atoms with E-state index in [1.165, 1.54) is 6.42 Å². The van der Waals surface area contributed by atoms with Gasteiger partial charge in [0, 0.05) is 0 Å². The van der Waals surface area contributed by atoms with Gasteiger partial charge in [0.1, 0.15) is 0 Å². The number of hydrogen-bond donors (Lipinski definition) is 0. The molecule has 0 heterocycles. The fraction of sp³-hybridized carbons (Fsp3) is 1.00. The molecule has 0 aliphatic carbocycles. The third-order valence-electron chi connectivity index (χ3n) is 1.18. The predicted octanol–water partition coefficient (Wildman–Crippen LogP) is 2.59. The molecule has 0 rings (SSSR count). The molecule has 0 aliphatic rings. The Kier molecular flexibility index (Phi) is 34.4. The Morgan fingerprint density at radius 1 is 1.08 bits per heavy atom. The van der Waals surface area contributed by atoms with Gasteiger partial charge in [0.15, 0.2) is 0 Å². The van der Waals surface area contributed by atoms with Crippen LogP contribution in [-0.2, 0) is 16.5 Å². The molecule has 5 N–H and O–H groups in total. The van der Waals surface area contributed by atoms with E-state index in [4.69, 9.17) is 24.6 Å². The molecular formula is C7H20Cl2NO2Pt+. The summed E-state index contributed by atoms with van der Waals surface area (Å²) in [5.41, 5.74) is 7.17. The Balaban J connectivity index is -0.0000000720. The first-order valence-corrected chi connectivity index (χ1v) is 9.21. The van der Waals surface area contributed by atoms with E-state index < -0.39 is 16.5 Å². The Bertz CT molecular complexity index is 69.5. The monoisotopic (exact) mass is 415 g/mol. The average molecular weight is 416 g/mol. The summed E-state index contributed by atoms with van der Waals surface area (Å²) < 4.78 is 0. The van der Waals surface area contributed by atoms with Gasteiger partial charge in [-0.25, -0.2) is 0 Å². The fourth-order valence-corrected chi connectivity index (χ4v) is 0.583. The van der Waals surface area contributed by atoms with E-state index >= 15 is 0 Å². The van der Waals surface area contributed by atoms with Crippen molar-refractivity contribution >= 4 is 18.8 Å². The maximum absolute atomic E-state index is 7.17. The van der Waals surface area contributed by atoms with Crippen molar-refractivity contribution in [2.24, 2.45) is 5.92 Å². The summed E-state index contributed by atoms with van der Waals surface area (Å²) in [7, 11) is 9.75. The standard InChI is InChI=1S/C7H16N.2ClH.2H2O.Pt/c1-6(2)4-5-7(3)8;;;;;/h6-8H,4-5H2,1-3H3;2*1H;2*1H2;/q-1;;;;;+4/p-2. The zero-order valence-electron chi connectivity index (χ0n) is 8.14. The Hall–Kier alpha value is 1.15. The Morgan fingerprint density at radius 3 is 1.46 bits per heavy atom. The van der Waals surface area contributed by atoms with Crippen LogP contribution in [-0.4, -0.2) is 17.0 Å². The molecule has 0 radical (unpaired) electrons. The van der Waals surface area contributed by atoms with Crippen molar-refractivity contribution in [1.82, 2.24) is 0 Å². The van der Waals surface area contributed by atoms with Crippen LogP contribution < -0.4 is 0 Å². The molecule has 0 bridgehead atoms. The number of rotatable bonds is 3. The van der Waals surface area contributed by atoms with Crippen LogP contribution in [0.5, 0.6) is 0 Å². The second kappa shape index (κ2) is 18.8. The third kappa shape index (κ3) is 43.2. The molecule has 13 heavy (non-hydrogen) atoms. The summed E-state index contributed by atoms with van der Waals surface area (Å²) in [4.78, 5) is 0. The van der Waals surface area contributed by atoms with Gasteiger partial charge < -0.3 is 16.7 Å². The molecule has 0 spiro atoms. The van der Waals surface area contributed by atoms with Crippen molar-refractivity contribution in [2.75, 3.05) is 0 Å². The van der Waals surface area contributed by atoms with E-state index in [-0.39, 0.29) is 17.0 Å². The fourth-order valence-electron chi connectivity index (χ4n) is 0.583. The van der Waals surface area contributed by atoms with Crippen molar-refractivity contribution in [1.29, 1.82) is 0 Å². The Morgan fingerprint density at radius 2 is 1.38 bits per heavy atom. The molecule has 0 saturated carbocycles. The predicted molar refractivity (Wildman–Crippen MR) is 56.8 cm³/mol. The van der Waals surface area contributed by atoms with Gasteiger partial charge in [-0.15, -0.1) is 6.04 Å². The summed E-state index contributed by atoms with van der Waals surface area (Å²) in [5.74, 6) is 0.766. The van der Waals surface area contributed by atoms with Gasteiger partial charge in [0.25, 0.3) is 0 Å². The van der Waals surface area contributed by atoms with Crippen LogP contribution >= 0.6 is 18.8 Å². The Labute approximate surface area is 97.4 Å². The normalized spacial score (nSPS) is 10.7. The van der Waals surface area contributed by atoms with Gasteiger partial charge in [-0.05, 0) is 5.92 Å². The van der Waals surface area contributed by atoms with E-state index in [2.05, 4.69) is 13.8 Å². The van der Waals surface area contributed by atoms with Crippen LogP contribution in [0, 0.1) is 5.92 Å². The molecular weight excluding hydrogens is 396 g/mol. The van der Waals surface area contributed by atoms with E-state index in [0.29, 0.717) is 0 Å². The molecule has 6 heteroatoms. The van der Waals surface area contributed by atoms with Gasteiger partial charge >= 0.3 is 35.3 Å². The topological polar surface area (TPSA) is 86.8 Å². The van der Waals surface area contributed by atoms with Gasteiger partial charge in [-0.2, -0.15) is 0 Å². The van der Waals surface area contributed by atoms with Crippen LogP contribution in [0.2, 0.25) is 0 Å². The first-order chi connectivity index (χ1) is 5.04. The molecule has 0 aromatic carbocycles. The molecule has 1 atom stereocenters. The summed E-state index contributed by atoms with van der Waals surface area (Å²) in [6.45, 7) is 6.34. The molecule has 0 fully saturated rings. The van der Waals surface area contributed by atoms with Gasteiger partial charge in [0.2, 0.25) is 0 Å². The summed E-state index contributed by atoms with van der Waals surface area (Å²) >= 11 is -0.472. The maximum atomic E-state index is 7.17. The third-order valence-corrected chi connectivity index (χ3v) is 1.18. The van der Waals surface area contributed by atoms with Crippen LogP contribution in [0.15, 0.2) is 0 Å². The van der Waals surface area contributed by atoms with Gasteiger partial charge in [-0.1, -0.05) is 33.6 Å². The second-order valence-corrected chi connectivity index (χ2v) is 6.20. The molecule has 0 saturated heterocycles. The van der Waals surface area contributed by atoms with Crippen LogP contribution in [0.4, 0.5) is 0 Å². The quantitative estimate of drug-likeness (QED) is 0.678. The molecule has 0 aromatic rings. The van der Waals surface area contributed by atoms with Crippen molar-refractivity contribution in [2.45, 2.75) is 39.7 Å². The summed E-state index contributed by atoms with van der Waals surface area (Å²) in [6, 6.07) is 0.136. The molecule has 0 aliphatic heterocycles. The minimum absolute atomic E-state index is 0. The molecule has 1 unspecified atom stereocenters. The van der Waals surface area contributed by atoms with Crippen LogP contribution in [0.3, 0.4) is 0 Å². The SMILES string of the molecule is CC(C)CCC(C)[NH-].O.O.[Cl][Pt+2][Cl]. The molecule has 0 aromatic heterocycles. The van der Waals surface area contributed by atoms with Crippen molar-refractivity contribution in [3.05, 3.63) is 5.73 Å². The molecule has 3 nitrogen and oxygen atoms in total. The van der Waals surface area contributed by atoms with Crippen molar-refractivity contribution in [3.63, 3.8) is 0 Å². The molecule has 0 amide bonds. The van der Waals surface area contributed by atoms with Crippen LogP contribution in [0.1, 0.15) is 33.6 Å². The first kappa shape index (κ1) is 23.7. The minimum atomic E-state index is -0.472. The van der Waals surface area contributed by atoms with Gasteiger partial charge in [-0.3, -0.25) is 0 Å². The van der Waals surface area contributed by atoms with E-state index in [0.717, 1.165) is 12.3 Å². The number of halogens is 2. The zero-order chi connectivity index (χ0) is 9.28. The van der Waals surface area contributed by atoms with Gasteiger partial charge in [0.05, 0.1) is 0 Å². The summed E-state index contributed by atoms with van der Waals surface area (Å²) in [5, 5.41) is 0. The summed E-state index contributed by atoms with van der Waals surface area (Å²) in [6.07, 6.45) is 2.25. The number of hydrogen-bond acceptors (Lipinski definition) is 0. The van der Waals surface area contributed by atoms with Crippen LogP contribution in [0.25, 0.3) is 5.73 Å². The second-order valence-electron chi connectivity index (χ2n) is 2.92. The first-order valence-electron chi connectivity index (χ1n) is 3.58. The van der Waals surface area contributed by atoms with E-state index in [1.807, 2.05) is 6.92 Å². The average Bonchev–Trinajstić information content (AvgIpc) is 1.85. The van der Waals surface area contributed by atoms with E-state index in [9.17, 15) is 0 Å². The zero-order valence-corrected chi connectivity index (χ0v) is 11.9. The van der Waals surface area contributed by atoms with Crippen molar-refractivity contribution in [3.8, 4) is 0 Å². The van der Waals surface area contributed by atoms with Crippen molar-refractivity contribution < 1.29 is 27.4 Å².